The van der Waals surface area contributed by atoms with Crippen LogP contribution in [0.4, 0.5) is 0 Å². The Morgan fingerprint density at radius 3 is 2.31 bits per heavy atom. The molecule has 6 heteroatoms. The van der Waals surface area contributed by atoms with Crippen LogP contribution in [-0.4, -0.2) is 8.42 Å². The average molecular weight is 384 g/mol. The molecule has 0 amide bonds. The number of nitriles is 1. The molecule has 0 atom stereocenters. The van der Waals surface area contributed by atoms with Gasteiger partial charge in [-0.25, -0.2) is 8.42 Å². The first kappa shape index (κ1) is 18.0. The number of nitrogens with zero attached hydrogens (tertiary/aromatic N) is 1. The molecule has 0 unspecified atom stereocenters. The molecule has 0 bridgehead atoms. The Morgan fingerprint density at radius 1 is 1.04 bits per heavy atom. The summed E-state index contributed by atoms with van der Waals surface area (Å²) in [6.07, 6.45) is 1.23. The second-order valence-corrected chi connectivity index (χ2v) is 8.00. The highest BCUT2D eigenvalue weighted by molar-refractivity contribution is 7.95. The maximum Gasteiger partial charge on any atom is 0.216 e. The summed E-state index contributed by atoms with van der Waals surface area (Å²) in [5.74, 6) is 0.833. The van der Waals surface area contributed by atoms with Gasteiger partial charge >= 0.3 is 0 Å². The highest BCUT2D eigenvalue weighted by Crippen LogP contribution is 2.27. The molecule has 0 N–H and O–H groups in total. The van der Waals surface area contributed by atoms with Gasteiger partial charge in [0.1, 0.15) is 17.6 Å². The zero-order valence-electron chi connectivity index (χ0n) is 13.8. The molecule has 0 saturated carbocycles. The number of hydrogen-bond acceptors (Lipinski definition) is 4. The third kappa shape index (κ3) is 3.72. The largest absolute Gasteiger partial charge is 0.457 e. The predicted octanol–water partition coefficient (Wildman–Crippen LogP) is 5.25. The first-order valence-electron chi connectivity index (χ1n) is 7.69. The second-order valence-electron chi connectivity index (χ2n) is 5.65. The number of rotatable bonds is 4. The minimum absolute atomic E-state index is 0.0698. The van der Waals surface area contributed by atoms with Crippen LogP contribution in [0.1, 0.15) is 11.3 Å². The van der Waals surface area contributed by atoms with E-state index >= 15 is 0 Å². The van der Waals surface area contributed by atoms with Crippen LogP contribution in [0.3, 0.4) is 0 Å². The number of sulfone groups is 1. The summed E-state index contributed by atoms with van der Waals surface area (Å²) < 4.78 is 30.9. The van der Waals surface area contributed by atoms with Crippen LogP contribution in [0.25, 0.3) is 17.4 Å². The first-order chi connectivity index (χ1) is 12.4. The molecule has 130 valence electrons. The van der Waals surface area contributed by atoms with E-state index < -0.39 is 9.84 Å². The van der Waals surface area contributed by atoms with Gasteiger partial charge in [-0.2, -0.15) is 5.26 Å². The van der Waals surface area contributed by atoms with Crippen molar-refractivity contribution in [2.45, 2.75) is 11.8 Å². The molecule has 0 saturated heterocycles. The van der Waals surface area contributed by atoms with E-state index in [9.17, 15) is 13.7 Å². The van der Waals surface area contributed by atoms with Gasteiger partial charge in [0.05, 0.1) is 4.90 Å². The van der Waals surface area contributed by atoms with Crippen molar-refractivity contribution in [1.29, 1.82) is 5.26 Å². The molecule has 1 heterocycles. The van der Waals surface area contributed by atoms with Gasteiger partial charge in [-0.3, -0.25) is 0 Å². The molecule has 0 aliphatic carbocycles. The third-order valence-electron chi connectivity index (χ3n) is 3.76. The summed E-state index contributed by atoms with van der Waals surface area (Å²) in [5, 5.41) is 9.95. The topological polar surface area (TPSA) is 71.1 Å². The average Bonchev–Trinajstić information content (AvgIpc) is 3.09. The summed E-state index contributed by atoms with van der Waals surface area (Å²) in [5.41, 5.74) is 1.74. The lowest BCUT2D eigenvalue weighted by Crippen LogP contribution is -2.03. The third-order valence-corrected chi connectivity index (χ3v) is 5.69. The van der Waals surface area contributed by atoms with Gasteiger partial charge < -0.3 is 4.42 Å². The van der Waals surface area contributed by atoms with Crippen molar-refractivity contribution >= 4 is 27.5 Å². The van der Waals surface area contributed by atoms with E-state index in [4.69, 9.17) is 16.0 Å². The van der Waals surface area contributed by atoms with Crippen LogP contribution < -0.4 is 0 Å². The highest BCUT2D eigenvalue weighted by atomic mass is 35.5. The van der Waals surface area contributed by atoms with Gasteiger partial charge in [0.25, 0.3) is 0 Å². The molecule has 0 aliphatic rings. The van der Waals surface area contributed by atoms with E-state index in [1.54, 1.807) is 54.6 Å². The Morgan fingerprint density at radius 2 is 1.69 bits per heavy atom. The van der Waals surface area contributed by atoms with Gasteiger partial charge in [-0.15, -0.1) is 0 Å². The summed E-state index contributed by atoms with van der Waals surface area (Å²) >= 11 is 5.87. The number of benzene rings is 2. The minimum Gasteiger partial charge on any atom is -0.457 e. The van der Waals surface area contributed by atoms with Crippen LogP contribution in [-0.2, 0) is 9.84 Å². The quantitative estimate of drug-likeness (QED) is 0.577. The zero-order valence-corrected chi connectivity index (χ0v) is 15.4. The molecule has 4 nitrogen and oxygen atoms in total. The molecular weight excluding hydrogens is 370 g/mol. The maximum absolute atomic E-state index is 12.6. The van der Waals surface area contributed by atoms with Crippen molar-refractivity contribution in [3.63, 3.8) is 0 Å². The summed E-state index contributed by atoms with van der Waals surface area (Å²) in [4.78, 5) is -0.307. The van der Waals surface area contributed by atoms with Crippen molar-refractivity contribution in [2.75, 3.05) is 0 Å². The standard InChI is InChI=1S/C20H14ClNO3S/c1-14-2-9-18(10-3-14)26(23,24)19(13-22)12-17-8-11-20(25-17)15-4-6-16(21)7-5-15/h2-12H,1H3/b19-12+. The fraction of sp³-hybridized carbons (Fsp3) is 0.0500. The van der Waals surface area contributed by atoms with Crippen molar-refractivity contribution in [1.82, 2.24) is 0 Å². The van der Waals surface area contributed by atoms with Gasteiger partial charge in [0, 0.05) is 16.7 Å². The molecule has 26 heavy (non-hydrogen) atoms. The Bertz CT molecular complexity index is 1100. The molecule has 1 aromatic heterocycles. The van der Waals surface area contributed by atoms with Crippen molar-refractivity contribution in [2.24, 2.45) is 0 Å². The summed E-state index contributed by atoms with van der Waals surface area (Å²) in [6, 6.07) is 18.5. The van der Waals surface area contributed by atoms with Crippen molar-refractivity contribution in [3.05, 3.63) is 81.9 Å². The molecule has 0 fully saturated rings. The number of furan rings is 1. The predicted molar refractivity (Wildman–Crippen MR) is 101 cm³/mol. The number of aryl methyl sites for hydroxylation is 1. The summed E-state index contributed by atoms with van der Waals surface area (Å²) in [7, 11) is -3.90. The van der Waals surface area contributed by atoms with E-state index in [2.05, 4.69) is 0 Å². The Hall–Kier alpha value is -2.81. The van der Waals surface area contributed by atoms with Crippen LogP contribution in [0.5, 0.6) is 0 Å². The highest BCUT2D eigenvalue weighted by Gasteiger charge is 2.21. The van der Waals surface area contributed by atoms with E-state index in [-0.39, 0.29) is 15.6 Å². The minimum atomic E-state index is -3.90. The molecule has 2 aromatic carbocycles. The van der Waals surface area contributed by atoms with Crippen LogP contribution in [0.15, 0.2) is 74.9 Å². The smallest absolute Gasteiger partial charge is 0.216 e. The Kier molecular flexibility index (Phi) is 4.99. The van der Waals surface area contributed by atoms with Crippen molar-refractivity contribution < 1.29 is 12.8 Å². The Balaban J connectivity index is 1.96. The fourth-order valence-electron chi connectivity index (χ4n) is 2.34. The van der Waals surface area contributed by atoms with Gasteiger partial charge in [0.2, 0.25) is 9.84 Å². The molecule has 0 aliphatic heterocycles. The normalized spacial score (nSPS) is 12.0. The van der Waals surface area contributed by atoms with E-state index in [0.29, 0.717) is 10.8 Å². The molecule has 0 radical (unpaired) electrons. The number of allylic oxidation sites excluding steroid dienone is 1. The van der Waals surface area contributed by atoms with E-state index in [0.717, 1.165) is 11.1 Å². The molecule has 3 rings (SSSR count). The van der Waals surface area contributed by atoms with Gasteiger partial charge in [0.15, 0.2) is 4.91 Å². The van der Waals surface area contributed by atoms with Crippen LogP contribution in [0, 0.1) is 18.3 Å². The van der Waals surface area contributed by atoms with Gasteiger partial charge in [-0.1, -0.05) is 29.3 Å². The second kappa shape index (κ2) is 7.20. The molecule has 3 aromatic rings. The Labute approximate surface area is 156 Å². The zero-order chi connectivity index (χ0) is 18.7. The van der Waals surface area contributed by atoms with Crippen molar-refractivity contribution in [3.8, 4) is 17.4 Å². The van der Waals surface area contributed by atoms with Crippen LogP contribution >= 0.6 is 11.6 Å². The SMILES string of the molecule is Cc1ccc(S(=O)(=O)/C(C#N)=C/c2ccc(-c3ccc(Cl)cc3)o2)cc1. The summed E-state index contributed by atoms with van der Waals surface area (Å²) in [6.45, 7) is 1.86. The lowest BCUT2D eigenvalue weighted by Gasteiger charge is -2.03. The van der Waals surface area contributed by atoms with E-state index in [1.165, 1.54) is 18.2 Å². The fourth-order valence-corrected chi connectivity index (χ4v) is 3.61. The maximum atomic E-state index is 12.6. The van der Waals surface area contributed by atoms with Gasteiger partial charge in [-0.05, 0) is 55.5 Å². The first-order valence-corrected chi connectivity index (χ1v) is 9.55. The monoisotopic (exact) mass is 383 g/mol. The lowest BCUT2D eigenvalue weighted by molar-refractivity contribution is 0.571. The van der Waals surface area contributed by atoms with E-state index in [1.807, 2.05) is 6.92 Å². The van der Waals surface area contributed by atoms with Crippen LogP contribution in [0.2, 0.25) is 5.02 Å². The number of hydrogen-bond donors (Lipinski definition) is 0. The lowest BCUT2D eigenvalue weighted by atomic mass is 10.2. The molecular formula is C20H14ClNO3S. The number of halogens is 1. The molecule has 0 spiro atoms.